The number of methoxy groups -OCH3 is 1. The van der Waals surface area contributed by atoms with E-state index in [2.05, 4.69) is 10.3 Å². The molecule has 20 heavy (non-hydrogen) atoms. The number of amides is 1. The number of hydrogen-bond acceptors (Lipinski definition) is 4. The van der Waals surface area contributed by atoms with Gasteiger partial charge in [0.25, 0.3) is 0 Å². The van der Waals surface area contributed by atoms with Gasteiger partial charge < -0.3 is 10.1 Å². The number of nitrogens with zero attached hydrogens (tertiary/aromatic N) is 1. The molecule has 2 rings (SSSR count). The van der Waals surface area contributed by atoms with Gasteiger partial charge in [0.05, 0.1) is 11.4 Å². The highest BCUT2D eigenvalue weighted by atomic mass is 35.5. The zero-order valence-electron chi connectivity index (χ0n) is 10.8. The van der Waals surface area contributed by atoms with Crippen molar-refractivity contribution in [2.75, 3.05) is 7.11 Å². The SMILES string of the molecule is COc1ccc(CNC(=O)/C=C/c2ccc(Cl)s2)cn1. The Hall–Kier alpha value is -1.85. The standard InChI is InChI=1S/C14H13ClN2O2S/c1-19-14-7-2-10(9-17-14)8-16-13(18)6-4-11-3-5-12(15)20-11/h2-7,9H,8H2,1H3,(H,16,18)/b6-4+. The van der Waals surface area contributed by atoms with Crippen molar-refractivity contribution >= 4 is 34.9 Å². The topological polar surface area (TPSA) is 51.2 Å². The van der Waals surface area contributed by atoms with Crippen molar-refractivity contribution in [2.45, 2.75) is 6.54 Å². The van der Waals surface area contributed by atoms with Crippen molar-refractivity contribution in [3.05, 3.63) is 51.3 Å². The Morgan fingerprint density at radius 1 is 1.45 bits per heavy atom. The van der Waals surface area contributed by atoms with Gasteiger partial charge in [-0.1, -0.05) is 17.7 Å². The lowest BCUT2D eigenvalue weighted by molar-refractivity contribution is -0.116. The summed E-state index contributed by atoms with van der Waals surface area (Å²) in [5, 5.41) is 2.78. The number of carbonyl (C=O) groups is 1. The highest BCUT2D eigenvalue weighted by molar-refractivity contribution is 7.17. The van der Waals surface area contributed by atoms with Gasteiger partial charge in [0.15, 0.2) is 0 Å². The van der Waals surface area contributed by atoms with Gasteiger partial charge in [-0.2, -0.15) is 0 Å². The summed E-state index contributed by atoms with van der Waals surface area (Å²) in [4.78, 5) is 16.7. The molecule has 2 heterocycles. The monoisotopic (exact) mass is 308 g/mol. The third-order valence-electron chi connectivity index (χ3n) is 2.47. The molecular formula is C14H13ClN2O2S. The van der Waals surface area contributed by atoms with Crippen LogP contribution in [0.15, 0.2) is 36.5 Å². The van der Waals surface area contributed by atoms with Crippen LogP contribution in [0.5, 0.6) is 5.88 Å². The molecule has 2 aromatic heterocycles. The largest absolute Gasteiger partial charge is 0.481 e. The molecule has 4 nitrogen and oxygen atoms in total. The molecule has 1 N–H and O–H groups in total. The molecule has 104 valence electrons. The van der Waals surface area contributed by atoms with Crippen LogP contribution in [0.4, 0.5) is 0 Å². The number of hydrogen-bond donors (Lipinski definition) is 1. The molecule has 0 saturated carbocycles. The first-order chi connectivity index (χ1) is 9.67. The fourth-order valence-electron chi connectivity index (χ4n) is 1.46. The van der Waals surface area contributed by atoms with Crippen molar-refractivity contribution in [2.24, 2.45) is 0 Å². The van der Waals surface area contributed by atoms with Crippen molar-refractivity contribution in [1.29, 1.82) is 0 Å². The summed E-state index contributed by atoms with van der Waals surface area (Å²) < 4.78 is 5.67. The number of ether oxygens (including phenoxy) is 1. The van der Waals surface area contributed by atoms with Crippen molar-refractivity contribution in [3.63, 3.8) is 0 Å². The van der Waals surface area contributed by atoms with Gasteiger partial charge in [-0.15, -0.1) is 11.3 Å². The molecule has 0 aromatic carbocycles. The van der Waals surface area contributed by atoms with Gasteiger partial charge in [-0.05, 0) is 23.8 Å². The van der Waals surface area contributed by atoms with E-state index < -0.39 is 0 Å². The number of pyridine rings is 1. The fraction of sp³-hybridized carbons (Fsp3) is 0.143. The van der Waals surface area contributed by atoms with Gasteiger partial charge in [-0.3, -0.25) is 4.79 Å². The average molecular weight is 309 g/mol. The Kier molecular flexibility index (Phi) is 5.15. The van der Waals surface area contributed by atoms with E-state index in [4.69, 9.17) is 16.3 Å². The zero-order valence-corrected chi connectivity index (χ0v) is 12.4. The van der Waals surface area contributed by atoms with E-state index in [1.54, 1.807) is 31.5 Å². The predicted octanol–water partition coefficient (Wildman–Crippen LogP) is 3.13. The molecule has 0 fully saturated rings. The minimum absolute atomic E-state index is 0.162. The Labute approximate surface area is 126 Å². The summed E-state index contributed by atoms with van der Waals surface area (Å²) in [6.07, 6.45) is 4.89. The van der Waals surface area contributed by atoms with E-state index in [-0.39, 0.29) is 5.91 Å². The molecule has 0 bridgehead atoms. The minimum atomic E-state index is -0.162. The van der Waals surface area contributed by atoms with E-state index in [9.17, 15) is 4.79 Å². The number of thiophene rings is 1. The van der Waals surface area contributed by atoms with E-state index in [0.717, 1.165) is 10.4 Å². The van der Waals surface area contributed by atoms with Gasteiger partial charge in [-0.25, -0.2) is 4.98 Å². The summed E-state index contributed by atoms with van der Waals surface area (Å²) in [5.41, 5.74) is 0.909. The van der Waals surface area contributed by atoms with Crippen LogP contribution in [-0.2, 0) is 11.3 Å². The second kappa shape index (κ2) is 7.07. The quantitative estimate of drug-likeness (QED) is 0.863. The van der Waals surface area contributed by atoms with Crippen LogP contribution in [0, 0.1) is 0 Å². The third kappa shape index (κ3) is 4.36. The number of aromatic nitrogens is 1. The number of halogens is 1. The maximum absolute atomic E-state index is 11.6. The zero-order chi connectivity index (χ0) is 14.4. The number of rotatable bonds is 5. The second-order valence-corrected chi connectivity index (χ2v) is 5.65. The lowest BCUT2D eigenvalue weighted by Crippen LogP contribution is -2.20. The highest BCUT2D eigenvalue weighted by Crippen LogP contribution is 2.22. The number of nitrogens with one attached hydrogen (secondary N) is 1. The molecule has 0 aliphatic carbocycles. The molecule has 1 amide bonds. The summed E-state index contributed by atoms with van der Waals surface area (Å²) in [6.45, 7) is 0.422. The van der Waals surface area contributed by atoms with Crippen LogP contribution in [-0.4, -0.2) is 18.0 Å². The molecule has 0 radical (unpaired) electrons. The van der Waals surface area contributed by atoms with Crippen LogP contribution in [0.3, 0.4) is 0 Å². The lowest BCUT2D eigenvalue weighted by Gasteiger charge is -2.03. The molecule has 0 aliphatic heterocycles. The van der Waals surface area contributed by atoms with Crippen LogP contribution in [0.25, 0.3) is 6.08 Å². The van der Waals surface area contributed by atoms with Crippen LogP contribution in [0.2, 0.25) is 4.34 Å². The molecule has 0 unspecified atom stereocenters. The molecule has 0 saturated heterocycles. The minimum Gasteiger partial charge on any atom is -0.481 e. The fourth-order valence-corrected chi connectivity index (χ4v) is 2.42. The maximum atomic E-state index is 11.6. The molecule has 2 aromatic rings. The van der Waals surface area contributed by atoms with E-state index >= 15 is 0 Å². The first-order valence-electron chi connectivity index (χ1n) is 5.87. The molecule has 0 spiro atoms. The van der Waals surface area contributed by atoms with Gasteiger partial charge in [0, 0.05) is 29.8 Å². The second-order valence-electron chi connectivity index (χ2n) is 3.90. The lowest BCUT2D eigenvalue weighted by atomic mass is 10.3. The molecule has 0 aliphatic rings. The smallest absolute Gasteiger partial charge is 0.244 e. The molecule has 0 atom stereocenters. The van der Waals surface area contributed by atoms with Gasteiger partial charge in [0.2, 0.25) is 11.8 Å². The first-order valence-corrected chi connectivity index (χ1v) is 7.07. The summed E-state index contributed by atoms with van der Waals surface area (Å²) in [5.74, 6) is 0.389. The summed E-state index contributed by atoms with van der Waals surface area (Å²) in [6, 6.07) is 7.27. The third-order valence-corrected chi connectivity index (χ3v) is 3.66. The van der Waals surface area contributed by atoms with E-state index in [1.165, 1.54) is 17.4 Å². The van der Waals surface area contributed by atoms with Crippen LogP contribution in [0.1, 0.15) is 10.4 Å². The van der Waals surface area contributed by atoms with Crippen molar-refractivity contribution in [3.8, 4) is 5.88 Å². The Morgan fingerprint density at radius 2 is 2.30 bits per heavy atom. The Morgan fingerprint density at radius 3 is 2.90 bits per heavy atom. The summed E-state index contributed by atoms with van der Waals surface area (Å²) in [7, 11) is 1.56. The Bertz CT molecular complexity index is 608. The first kappa shape index (κ1) is 14.6. The van der Waals surface area contributed by atoms with E-state index in [1.807, 2.05) is 12.1 Å². The molecular weight excluding hydrogens is 296 g/mol. The highest BCUT2D eigenvalue weighted by Gasteiger charge is 1.99. The van der Waals surface area contributed by atoms with Crippen molar-refractivity contribution < 1.29 is 9.53 Å². The van der Waals surface area contributed by atoms with Gasteiger partial charge in [0.1, 0.15) is 0 Å². The van der Waals surface area contributed by atoms with Gasteiger partial charge >= 0.3 is 0 Å². The van der Waals surface area contributed by atoms with Crippen LogP contribution < -0.4 is 10.1 Å². The normalized spacial score (nSPS) is 10.7. The number of carbonyl (C=O) groups excluding carboxylic acids is 1. The average Bonchev–Trinajstić information content (AvgIpc) is 2.89. The maximum Gasteiger partial charge on any atom is 0.244 e. The molecule has 6 heteroatoms. The van der Waals surface area contributed by atoms with Crippen LogP contribution >= 0.6 is 22.9 Å². The van der Waals surface area contributed by atoms with E-state index in [0.29, 0.717) is 16.8 Å². The summed E-state index contributed by atoms with van der Waals surface area (Å²) >= 11 is 7.23. The van der Waals surface area contributed by atoms with Crippen molar-refractivity contribution in [1.82, 2.24) is 10.3 Å². The Balaban J connectivity index is 1.83. The predicted molar refractivity (Wildman–Crippen MR) is 81.0 cm³/mol.